The van der Waals surface area contributed by atoms with Crippen LogP contribution in [0.1, 0.15) is 24.7 Å². The fourth-order valence-corrected chi connectivity index (χ4v) is 3.61. The molecule has 1 rings (SSSR count). The van der Waals surface area contributed by atoms with Crippen molar-refractivity contribution in [3.63, 3.8) is 0 Å². The van der Waals surface area contributed by atoms with Crippen molar-refractivity contribution < 1.29 is 14.1 Å². The van der Waals surface area contributed by atoms with Gasteiger partial charge in [0.2, 0.25) is 0 Å². The van der Waals surface area contributed by atoms with Crippen molar-refractivity contribution in [3.8, 4) is 0 Å². The third-order valence-electron chi connectivity index (χ3n) is 2.50. The van der Waals surface area contributed by atoms with Crippen LogP contribution in [0.2, 0.25) is 0 Å². The Labute approximate surface area is 111 Å². The first kappa shape index (κ1) is 14.4. The summed E-state index contributed by atoms with van der Waals surface area (Å²) in [7, 11) is 0.319. The van der Waals surface area contributed by atoms with Crippen LogP contribution in [0, 0.1) is 6.92 Å². The number of hydrogen-bond acceptors (Lipinski definition) is 3. The van der Waals surface area contributed by atoms with E-state index in [0.29, 0.717) is 6.42 Å². The van der Waals surface area contributed by atoms with Crippen molar-refractivity contribution in [3.05, 3.63) is 15.9 Å². The first-order chi connectivity index (χ1) is 7.88. The van der Waals surface area contributed by atoms with E-state index >= 15 is 0 Å². The Balaban J connectivity index is 2.91. The summed E-state index contributed by atoms with van der Waals surface area (Å²) in [5, 5.41) is 12.3. The topological polar surface area (TPSA) is 72.2 Å². The van der Waals surface area contributed by atoms with Crippen molar-refractivity contribution in [2.24, 2.45) is 7.05 Å². The Kier molecular flexibility index (Phi) is 4.88. The predicted octanol–water partition coefficient (Wildman–Crippen LogP) is 1.60. The maximum absolute atomic E-state index is 12.0. The number of carboxylic acids is 1. The first-order valence-corrected chi connectivity index (χ1v) is 7.33. The Bertz CT molecular complexity index is 459. The summed E-state index contributed by atoms with van der Waals surface area (Å²) in [4.78, 5) is 10.9. The van der Waals surface area contributed by atoms with Gasteiger partial charge in [-0.3, -0.25) is 13.7 Å². The lowest BCUT2D eigenvalue weighted by Crippen LogP contribution is -2.26. The number of hydrogen-bond donors (Lipinski definition) is 1. The van der Waals surface area contributed by atoms with Crippen molar-refractivity contribution in [2.45, 2.75) is 31.3 Å². The first-order valence-electron chi connectivity index (χ1n) is 5.16. The summed E-state index contributed by atoms with van der Waals surface area (Å²) >= 11 is 3.37. The zero-order valence-electron chi connectivity index (χ0n) is 9.94. The molecule has 2 unspecified atom stereocenters. The van der Waals surface area contributed by atoms with E-state index in [1.807, 2.05) is 6.92 Å². The van der Waals surface area contributed by atoms with E-state index in [-0.39, 0.29) is 5.75 Å². The molecule has 5 nitrogen and oxygen atoms in total. The molecule has 1 heterocycles. The van der Waals surface area contributed by atoms with Crippen LogP contribution in [0.15, 0.2) is 4.47 Å². The van der Waals surface area contributed by atoms with Crippen LogP contribution in [-0.4, -0.2) is 30.3 Å². The molecule has 1 aromatic rings. The van der Waals surface area contributed by atoms with Gasteiger partial charge in [-0.1, -0.05) is 6.92 Å². The number of carbonyl (C=O) groups is 1. The summed E-state index contributed by atoms with van der Waals surface area (Å²) < 4.78 is 14.4. The molecule has 0 radical (unpaired) electrons. The highest BCUT2D eigenvalue weighted by atomic mass is 79.9. The van der Waals surface area contributed by atoms with Gasteiger partial charge in [-0.05, 0) is 29.3 Å². The molecular formula is C10H15BrN2O3S. The Hall–Kier alpha value is -0.690. The van der Waals surface area contributed by atoms with Gasteiger partial charge in [0, 0.05) is 17.8 Å². The van der Waals surface area contributed by atoms with Crippen LogP contribution >= 0.6 is 15.9 Å². The fourth-order valence-electron chi connectivity index (χ4n) is 1.55. The SMILES string of the molecule is CCC(C(=O)O)S(=O)Cc1c(Br)c(C)nn1C. The van der Waals surface area contributed by atoms with Gasteiger partial charge in [0.25, 0.3) is 0 Å². The molecule has 0 bridgehead atoms. The van der Waals surface area contributed by atoms with E-state index in [4.69, 9.17) is 5.11 Å². The Morgan fingerprint density at radius 2 is 2.24 bits per heavy atom. The standard InChI is InChI=1S/C10H15BrN2O3S/c1-4-8(10(14)15)17(16)5-7-9(11)6(2)12-13(7)3/h8H,4-5H2,1-3H3,(H,14,15). The monoisotopic (exact) mass is 322 g/mol. The summed E-state index contributed by atoms with van der Waals surface area (Å²) in [6.07, 6.45) is 0.358. The highest BCUT2D eigenvalue weighted by Gasteiger charge is 2.24. The number of nitrogens with zero attached hydrogens (tertiary/aromatic N) is 2. The summed E-state index contributed by atoms with van der Waals surface area (Å²) in [6.45, 7) is 3.56. The molecule has 0 amide bonds. The second-order valence-electron chi connectivity index (χ2n) is 3.73. The third kappa shape index (κ3) is 3.16. The molecule has 96 valence electrons. The third-order valence-corrected chi connectivity index (χ3v) is 5.26. The minimum atomic E-state index is -1.44. The number of rotatable bonds is 5. The van der Waals surface area contributed by atoms with E-state index < -0.39 is 22.0 Å². The minimum Gasteiger partial charge on any atom is -0.480 e. The van der Waals surface area contributed by atoms with Gasteiger partial charge in [-0.25, -0.2) is 0 Å². The van der Waals surface area contributed by atoms with E-state index in [1.54, 1.807) is 18.7 Å². The number of aliphatic carboxylic acids is 1. The summed E-state index contributed by atoms with van der Waals surface area (Å²) in [5.41, 5.74) is 1.57. The van der Waals surface area contributed by atoms with Crippen LogP contribution in [0.5, 0.6) is 0 Å². The average Bonchev–Trinajstić information content (AvgIpc) is 2.45. The molecule has 0 fully saturated rings. The molecule has 0 aliphatic heterocycles. The number of carboxylic acid groups (broad SMARTS) is 1. The van der Waals surface area contributed by atoms with Crippen LogP contribution in [0.25, 0.3) is 0 Å². The van der Waals surface area contributed by atoms with Gasteiger partial charge in [0.05, 0.1) is 21.6 Å². The van der Waals surface area contributed by atoms with Crippen molar-refractivity contribution in [2.75, 3.05) is 0 Å². The molecule has 17 heavy (non-hydrogen) atoms. The molecule has 1 aromatic heterocycles. The van der Waals surface area contributed by atoms with Gasteiger partial charge >= 0.3 is 5.97 Å². The predicted molar refractivity (Wildman–Crippen MR) is 69.2 cm³/mol. The van der Waals surface area contributed by atoms with Gasteiger partial charge in [-0.2, -0.15) is 5.10 Å². The molecular weight excluding hydrogens is 308 g/mol. The average molecular weight is 323 g/mol. The second-order valence-corrected chi connectivity index (χ2v) is 6.14. The van der Waals surface area contributed by atoms with E-state index in [1.165, 1.54) is 0 Å². The molecule has 0 spiro atoms. The highest BCUT2D eigenvalue weighted by molar-refractivity contribution is 9.10. The molecule has 0 saturated carbocycles. The molecule has 2 atom stereocenters. The zero-order chi connectivity index (χ0) is 13.2. The normalized spacial score (nSPS) is 14.6. The van der Waals surface area contributed by atoms with Gasteiger partial charge in [0.1, 0.15) is 5.25 Å². The lowest BCUT2D eigenvalue weighted by atomic mass is 10.3. The second kappa shape index (κ2) is 5.77. The summed E-state index contributed by atoms with van der Waals surface area (Å²) in [5.74, 6) is -0.816. The van der Waals surface area contributed by atoms with Crippen molar-refractivity contribution >= 4 is 32.7 Å². The van der Waals surface area contributed by atoms with Gasteiger partial charge in [0.15, 0.2) is 0 Å². The van der Waals surface area contributed by atoms with Crippen LogP contribution < -0.4 is 0 Å². The van der Waals surface area contributed by atoms with Crippen LogP contribution in [0.3, 0.4) is 0 Å². The molecule has 0 aromatic carbocycles. The molecule has 7 heteroatoms. The minimum absolute atomic E-state index is 0.197. The highest BCUT2D eigenvalue weighted by Crippen LogP contribution is 2.22. The van der Waals surface area contributed by atoms with E-state index in [0.717, 1.165) is 15.9 Å². The van der Waals surface area contributed by atoms with Crippen molar-refractivity contribution in [1.29, 1.82) is 0 Å². The van der Waals surface area contributed by atoms with Crippen LogP contribution in [-0.2, 0) is 28.4 Å². The fraction of sp³-hybridized carbons (Fsp3) is 0.600. The maximum atomic E-state index is 12.0. The van der Waals surface area contributed by atoms with E-state index in [2.05, 4.69) is 21.0 Å². The van der Waals surface area contributed by atoms with Gasteiger partial charge in [-0.15, -0.1) is 0 Å². The molecule has 0 aliphatic rings. The maximum Gasteiger partial charge on any atom is 0.319 e. The molecule has 0 saturated heterocycles. The number of halogens is 1. The lowest BCUT2D eigenvalue weighted by molar-refractivity contribution is -0.136. The number of aryl methyl sites for hydroxylation is 2. The van der Waals surface area contributed by atoms with Gasteiger partial charge < -0.3 is 5.11 Å². The summed E-state index contributed by atoms with van der Waals surface area (Å²) in [6, 6.07) is 0. The largest absolute Gasteiger partial charge is 0.480 e. The zero-order valence-corrected chi connectivity index (χ0v) is 12.3. The van der Waals surface area contributed by atoms with E-state index in [9.17, 15) is 9.00 Å². The molecule has 0 aliphatic carbocycles. The van der Waals surface area contributed by atoms with Crippen molar-refractivity contribution in [1.82, 2.24) is 9.78 Å². The van der Waals surface area contributed by atoms with Crippen LogP contribution in [0.4, 0.5) is 0 Å². The lowest BCUT2D eigenvalue weighted by Gasteiger charge is -2.10. The Morgan fingerprint density at radius 3 is 2.59 bits per heavy atom. The quantitative estimate of drug-likeness (QED) is 0.893. The number of aromatic nitrogens is 2. The smallest absolute Gasteiger partial charge is 0.319 e. The Morgan fingerprint density at radius 1 is 1.65 bits per heavy atom. The molecule has 1 N–H and O–H groups in total.